The van der Waals surface area contributed by atoms with Crippen LogP contribution in [0.25, 0.3) is 0 Å². The van der Waals surface area contributed by atoms with Crippen molar-refractivity contribution in [3.63, 3.8) is 0 Å². The first-order valence-electron chi connectivity index (χ1n) is 8.83. The number of anilines is 1. The number of benzene rings is 2. The van der Waals surface area contributed by atoms with Gasteiger partial charge in [-0.1, -0.05) is 13.8 Å². The van der Waals surface area contributed by atoms with Crippen molar-refractivity contribution in [1.29, 1.82) is 5.26 Å². The maximum Gasteiger partial charge on any atom is 0.261 e. The van der Waals surface area contributed by atoms with Gasteiger partial charge in [0, 0.05) is 24.3 Å². The molecule has 0 atom stereocenters. The molecular weight excluding hydrogens is 362 g/mol. The Morgan fingerprint density at radius 3 is 2.04 bits per heavy atom. The number of hydrogen-bond acceptors (Lipinski definition) is 4. The fourth-order valence-corrected chi connectivity index (χ4v) is 3.70. The molecule has 0 aliphatic rings. The van der Waals surface area contributed by atoms with Crippen molar-refractivity contribution in [3.05, 3.63) is 59.7 Å². The Kier molecular flexibility index (Phi) is 6.97. The molecule has 0 aliphatic heterocycles. The summed E-state index contributed by atoms with van der Waals surface area (Å²) in [5.41, 5.74) is 1.28. The van der Waals surface area contributed by atoms with E-state index in [1.54, 1.807) is 4.90 Å². The zero-order valence-corrected chi connectivity index (χ0v) is 16.3. The molecule has 0 heterocycles. The van der Waals surface area contributed by atoms with E-state index >= 15 is 0 Å². The average Bonchev–Trinajstić information content (AvgIpc) is 2.67. The molecule has 142 valence electrons. The summed E-state index contributed by atoms with van der Waals surface area (Å²) in [5, 5.41) is 8.80. The number of sulfonamides is 1. The number of nitrogens with one attached hydrogen (secondary N) is 1. The molecule has 0 radical (unpaired) electrons. The van der Waals surface area contributed by atoms with E-state index in [-0.39, 0.29) is 10.8 Å². The van der Waals surface area contributed by atoms with Gasteiger partial charge in [-0.25, -0.2) is 8.42 Å². The van der Waals surface area contributed by atoms with Gasteiger partial charge in [0.25, 0.3) is 15.9 Å². The number of nitrogens with zero attached hydrogens (tertiary/aromatic N) is 2. The highest BCUT2D eigenvalue weighted by Gasteiger charge is 2.18. The summed E-state index contributed by atoms with van der Waals surface area (Å²) in [4.78, 5) is 14.4. The number of nitriles is 1. The van der Waals surface area contributed by atoms with Crippen LogP contribution in [0.15, 0.2) is 53.4 Å². The summed E-state index contributed by atoms with van der Waals surface area (Å²) in [5.74, 6) is -0.0947. The van der Waals surface area contributed by atoms with Crippen molar-refractivity contribution < 1.29 is 13.2 Å². The van der Waals surface area contributed by atoms with Gasteiger partial charge < -0.3 is 4.90 Å². The zero-order chi connectivity index (χ0) is 19.9. The Balaban J connectivity index is 2.17. The highest BCUT2D eigenvalue weighted by Crippen LogP contribution is 2.18. The van der Waals surface area contributed by atoms with Crippen LogP contribution in [0, 0.1) is 11.3 Å². The molecule has 1 amide bonds. The standard InChI is InChI=1S/C20H23N3O3S/c1-3-13-23(14-4-2)20(24)17-7-11-19(12-8-17)27(25,26)22-18-9-5-16(15-21)6-10-18/h5-12,22H,3-4,13-14H2,1-2H3. The highest BCUT2D eigenvalue weighted by molar-refractivity contribution is 7.92. The van der Waals surface area contributed by atoms with Gasteiger partial charge in [0.05, 0.1) is 16.5 Å². The van der Waals surface area contributed by atoms with Crippen LogP contribution in [0.5, 0.6) is 0 Å². The van der Waals surface area contributed by atoms with Gasteiger partial charge in [-0.15, -0.1) is 0 Å². The molecule has 0 saturated carbocycles. The summed E-state index contributed by atoms with van der Waals surface area (Å²) in [6, 6.07) is 14.0. The van der Waals surface area contributed by atoms with Crippen LogP contribution in [0.1, 0.15) is 42.6 Å². The normalized spacial score (nSPS) is 10.9. The van der Waals surface area contributed by atoms with Crippen molar-refractivity contribution in [2.45, 2.75) is 31.6 Å². The Labute approximate surface area is 160 Å². The molecule has 2 aromatic carbocycles. The smallest absolute Gasteiger partial charge is 0.261 e. The summed E-state index contributed by atoms with van der Waals surface area (Å²) in [7, 11) is -3.77. The number of amides is 1. The van der Waals surface area contributed by atoms with Gasteiger partial charge >= 0.3 is 0 Å². The van der Waals surface area contributed by atoms with Gasteiger partial charge in [-0.3, -0.25) is 9.52 Å². The fraction of sp³-hybridized carbons (Fsp3) is 0.300. The lowest BCUT2D eigenvalue weighted by molar-refractivity contribution is 0.0755. The van der Waals surface area contributed by atoms with Gasteiger partial charge in [0.1, 0.15) is 0 Å². The number of carbonyl (C=O) groups excluding carboxylic acids is 1. The van der Waals surface area contributed by atoms with Gasteiger partial charge in [-0.2, -0.15) is 5.26 Å². The molecule has 0 spiro atoms. The van der Waals surface area contributed by atoms with Crippen molar-refractivity contribution in [2.75, 3.05) is 17.8 Å². The minimum Gasteiger partial charge on any atom is -0.339 e. The van der Waals surface area contributed by atoms with Crippen LogP contribution in [-0.2, 0) is 10.0 Å². The lowest BCUT2D eigenvalue weighted by Crippen LogP contribution is -2.32. The predicted molar refractivity (Wildman–Crippen MR) is 105 cm³/mol. The molecule has 0 saturated heterocycles. The van der Waals surface area contributed by atoms with E-state index in [2.05, 4.69) is 4.72 Å². The van der Waals surface area contributed by atoms with E-state index in [9.17, 15) is 13.2 Å². The Morgan fingerprint density at radius 1 is 1.00 bits per heavy atom. The lowest BCUT2D eigenvalue weighted by atomic mass is 10.2. The molecule has 6 nitrogen and oxygen atoms in total. The predicted octanol–water partition coefficient (Wildman–Crippen LogP) is 3.62. The number of carbonyl (C=O) groups is 1. The van der Waals surface area contributed by atoms with E-state index in [1.807, 2.05) is 19.9 Å². The zero-order valence-electron chi connectivity index (χ0n) is 15.5. The van der Waals surface area contributed by atoms with Crippen molar-refractivity contribution >= 4 is 21.6 Å². The Morgan fingerprint density at radius 2 is 1.56 bits per heavy atom. The van der Waals surface area contributed by atoms with E-state index in [1.165, 1.54) is 48.5 Å². The summed E-state index contributed by atoms with van der Waals surface area (Å²) < 4.78 is 27.5. The summed E-state index contributed by atoms with van der Waals surface area (Å²) in [6.07, 6.45) is 1.74. The van der Waals surface area contributed by atoms with Crippen LogP contribution < -0.4 is 4.72 Å². The third-order valence-corrected chi connectivity index (χ3v) is 5.35. The fourth-order valence-electron chi connectivity index (χ4n) is 2.64. The van der Waals surface area contributed by atoms with Crippen molar-refractivity contribution in [1.82, 2.24) is 4.90 Å². The highest BCUT2D eigenvalue weighted by atomic mass is 32.2. The molecule has 2 rings (SSSR count). The summed E-state index contributed by atoms with van der Waals surface area (Å²) in [6.45, 7) is 5.38. The van der Waals surface area contributed by atoms with Gasteiger partial charge in [0.2, 0.25) is 0 Å². The van der Waals surface area contributed by atoms with Crippen LogP contribution in [0.2, 0.25) is 0 Å². The van der Waals surface area contributed by atoms with Crippen LogP contribution in [0.4, 0.5) is 5.69 Å². The van der Waals surface area contributed by atoms with Gasteiger partial charge in [-0.05, 0) is 61.4 Å². The van der Waals surface area contributed by atoms with E-state index in [0.29, 0.717) is 29.9 Å². The first-order chi connectivity index (χ1) is 12.9. The van der Waals surface area contributed by atoms with Crippen LogP contribution >= 0.6 is 0 Å². The largest absolute Gasteiger partial charge is 0.339 e. The monoisotopic (exact) mass is 385 g/mol. The Bertz CT molecular complexity index is 908. The topological polar surface area (TPSA) is 90.3 Å². The minimum absolute atomic E-state index is 0.0703. The van der Waals surface area contributed by atoms with E-state index in [4.69, 9.17) is 5.26 Å². The minimum atomic E-state index is -3.77. The second-order valence-corrected chi connectivity index (χ2v) is 7.79. The van der Waals surface area contributed by atoms with Crippen molar-refractivity contribution in [3.8, 4) is 6.07 Å². The van der Waals surface area contributed by atoms with Crippen molar-refractivity contribution in [2.24, 2.45) is 0 Å². The first kappa shape index (κ1) is 20.5. The van der Waals surface area contributed by atoms with Crippen LogP contribution in [0.3, 0.4) is 0 Å². The second-order valence-electron chi connectivity index (χ2n) is 6.11. The van der Waals surface area contributed by atoms with Gasteiger partial charge in [0.15, 0.2) is 0 Å². The lowest BCUT2D eigenvalue weighted by Gasteiger charge is -2.21. The third-order valence-electron chi connectivity index (χ3n) is 3.95. The molecule has 1 N–H and O–H groups in total. The Hall–Kier alpha value is -2.85. The molecule has 2 aromatic rings. The number of rotatable bonds is 8. The number of hydrogen-bond donors (Lipinski definition) is 1. The molecular formula is C20H23N3O3S. The van der Waals surface area contributed by atoms with Crippen LogP contribution in [-0.4, -0.2) is 32.3 Å². The molecule has 7 heteroatoms. The van der Waals surface area contributed by atoms with E-state index in [0.717, 1.165) is 12.8 Å². The maximum atomic E-state index is 12.6. The quantitative estimate of drug-likeness (QED) is 0.751. The molecule has 0 bridgehead atoms. The SMILES string of the molecule is CCCN(CCC)C(=O)c1ccc(S(=O)(=O)Nc2ccc(C#N)cc2)cc1. The van der Waals surface area contributed by atoms with E-state index < -0.39 is 10.0 Å². The molecule has 0 unspecified atom stereocenters. The molecule has 0 aromatic heterocycles. The first-order valence-corrected chi connectivity index (χ1v) is 10.3. The second kappa shape index (κ2) is 9.19. The third kappa shape index (κ3) is 5.31. The molecule has 27 heavy (non-hydrogen) atoms. The molecule has 0 fully saturated rings. The average molecular weight is 385 g/mol. The molecule has 0 aliphatic carbocycles. The summed E-state index contributed by atoms with van der Waals surface area (Å²) >= 11 is 0. The maximum absolute atomic E-state index is 12.6.